The van der Waals surface area contributed by atoms with E-state index >= 15 is 0 Å². The lowest BCUT2D eigenvalue weighted by Gasteiger charge is -2.26. The van der Waals surface area contributed by atoms with E-state index in [1.807, 2.05) is 29.6 Å². The van der Waals surface area contributed by atoms with Crippen LogP contribution >= 0.6 is 11.3 Å². The summed E-state index contributed by atoms with van der Waals surface area (Å²) in [5.74, 6) is -1.00. The highest BCUT2D eigenvalue weighted by Crippen LogP contribution is 2.44. The van der Waals surface area contributed by atoms with Gasteiger partial charge in [-0.15, -0.1) is 11.3 Å². The van der Waals surface area contributed by atoms with Crippen molar-refractivity contribution in [2.45, 2.75) is 18.6 Å². The third-order valence-electron chi connectivity index (χ3n) is 5.42. The molecule has 3 amide bonds. The van der Waals surface area contributed by atoms with E-state index in [2.05, 4.69) is 5.32 Å². The van der Waals surface area contributed by atoms with Crippen molar-refractivity contribution >= 4 is 29.1 Å². The zero-order chi connectivity index (χ0) is 21.3. The van der Waals surface area contributed by atoms with Gasteiger partial charge in [0.15, 0.2) is 6.10 Å². The molecule has 0 saturated carbocycles. The Balaban J connectivity index is 1.51. The molecule has 2 aliphatic rings. The molecule has 0 bridgehead atoms. The van der Waals surface area contributed by atoms with E-state index in [1.54, 1.807) is 30.6 Å². The van der Waals surface area contributed by atoms with Crippen molar-refractivity contribution in [2.75, 3.05) is 27.2 Å². The predicted octanol–water partition coefficient (Wildman–Crippen LogP) is 1.39. The van der Waals surface area contributed by atoms with E-state index in [4.69, 9.17) is 9.57 Å². The van der Waals surface area contributed by atoms with Crippen molar-refractivity contribution in [1.29, 1.82) is 0 Å². The number of hydroxylamine groups is 2. The molecule has 158 valence electrons. The monoisotopic (exact) mass is 429 g/mol. The zero-order valence-electron chi connectivity index (χ0n) is 16.7. The molecule has 30 heavy (non-hydrogen) atoms. The first-order valence-corrected chi connectivity index (χ1v) is 10.6. The number of carbonyl (C=O) groups is 3. The number of ether oxygens (including phenoxy) is 1. The van der Waals surface area contributed by atoms with E-state index in [1.165, 1.54) is 17.0 Å². The molecule has 3 unspecified atom stereocenters. The predicted molar refractivity (Wildman–Crippen MR) is 110 cm³/mol. The quantitative estimate of drug-likeness (QED) is 0.670. The van der Waals surface area contributed by atoms with Crippen molar-refractivity contribution in [3.8, 4) is 5.75 Å². The van der Waals surface area contributed by atoms with Gasteiger partial charge in [0.2, 0.25) is 11.8 Å². The van der Waals surface area contributed by atoms with Crippen LogP contribution in [0.3, 0.4) is 0 Å². The van der Waals surface area contributed by atoms with Gasteiger partial charge in [-0.3, -0.25) is 24.1 Å². The molecule has 1 N–H and O–H groups in total. The molecular formula is C21H23N3O5S. The lowest BCUT2D eigenvalue weighted by Crippen LogP contribution is -2.40. The van der Waals surface area contributed by atoms with Gasteiger partial charge in [0, 0.05) is 18.5 Å². The number of nitrogens with zero attached hydrogens (tertiary/aromatic N) is 2. The minimum atomic E-state index is -0.919. The van der Waals surface area contributed by atoms with Crippen molar-refractivity contribution < 1.29 is 24.0 Å². The first-order valence-electron chi connectivity index (χ1n) is 9.67. The number of benzene rings is 1. The number of hydrogen-bond donors (Lipinski definition) is 1. The third kappa shape index (κ3) is 3.83. The molecule has 4 rings (SSSR count). The number of methoxy groups -OCH3 is 1. The van der Waals surface area contributed by atoms with Gasteiger partial charge in [0.05, 0.1) is 19.1 Å². The average molecular weight is 429 g/mol. The number of amides is 3. The van der Waals surface area contributed by atoms with Gasteiger partial charge in [-0.25, -0.2) is 0 Å². The van der Waals surface area contributed by atoms with Crippen LogP contribution in [0, 0.1) is 5.92 Å². The molecular weight excluding hydrogens is 406 g/mol. The molecule has 1 aromatic carbocycles. The second-order valence-corrected chi connectivity index (χ2v) is 8.30. The number of carbonyl (C=O) groups excluding carboxylic acids is 3. The lowest BCUT2D eigenvalue weighted by atomic mass is 9.90. The number of imide groups is 1. The van der Waals surface area contributed by atoms with Crippen LogP contribution in [-0.4, -0.2) is 61.0 Å². The van der Waals surface area contributed by atoms with Crippen molar-refractivity contribution in [3.63, 3.8) is 0 Å². The van der Waals surface area contributed by atoms with Gasteiger partial charge >= 0.3 is 0 Å². The van der Waals surface area contributed by atoms with Crippen LogP contribution in [0.1, 0.15) is 16.5 Å². The van der Waals surface area contributed by atoms with Crippen molar-refractivity contribution in [1.82, 2.24) is 15.3 Å². The summed E-state index contributed by atoms with van der Waals surface area (Å²) < 4.78 is 5.30. The normalized spacial score (nSPS) is 23.7. The summed E-state index contributed by atoms with van der Waals surface area (Å²) in [6.45, 7) is 0.425. The SMILES string of the molecule is COc1cccc(C2C3C(=O)N(C)C(=O)C3ON2CC(=O)NCCc2cccs2)c1. The zero-order valence-corrected chi connectivity index (χ0v) is 17.6. The molecule has 0 spiro atoms. The maximum Gasteiger partial charge on any atom is 0.261 e. The summed E-state index contributed by atoms with van der Waals surface area (Å²) in [5.41, 5.74) is 0.754. The average Bonchev–Trinajstić information content (AvgIpc) is 3.44. The van der Waals surface area contributed by atoms with Gasteiger partial charge in [-0.1, -0.05) is 18.2 Å². The van der Waals surface area contributed by atoms with E-state index in [0.717, 1.165) is 16.9 Å². The summed E-state index contributed by atoms with van der Waals surface area (Å²) in [6.07, 6.45) is -0.172. The van der Waals surface area contributed by atoms with Gasteiger partial charge in [0.25, 0.3) is 5.91 Å². The van der Waals surface area contributed by atoms with Gasteiger partial charge in [0.1, 0.15) is 12.3 Å². The summed E-state index contributed by atoms with van der Waals surface area (Å²) in [6, 6.07) is 10.7. The largest absolute Gasteiger partial charge is 0.497 e. The minimum absolute atomic E-state index is 0.0798. The van der Waals surface area contributed by atoms with Gasteiger partial charge in [-0.2, -0.15) is 5.06 Å². The summed E-state index contributed by atoms with van der Waals surface area (Å²) in [7, 11) is 3.01. The Morgan fingerprint density at radius 1 is 1.23 bits per heavy atom. The van der Waals surface area contributed by atoms with Crippen LogP contribution < -0.4 is 10.1 Å². The highest BCUT2D eigenvalue weighted by Gasteiger charge is 2.58. The standard InChI is InChI=1S/C21H23N3O5S/c1-23-20(26)17-18(13-5-3-6-14(11-13)28-2)24(29-19(17)21(23)27)12-16(25)22-9-8-15-7-4-10-30-15/h3-7,10-11,17-19H,8-9,12H2,1-2H3,(H,22,25). The Kier molecular flexibility index (Phi) is 5.85. The Bertz CT molecular complexity index is 948. The Labute approximate surface area is 178 Å². The fourth-order valence-corrected chi connectivity index (χ4v) is 4.63. The number of thiophene rings is 1. The van der Waals surface area contributed by atoms with Crippen LogP contribution in [0.2, 0.25) is 0 Å². The molecule has 2 aliphatic heterocycles. The number of likely N-dealkylation sites (tertiary alicyclic amines) is 1. The number of fused-ring (bicyclic) bond motifs is 1. The molecule has 0 radical (unpaired) electrons. The molecule has 9 heteroatoms. The molecule has 2 saturated heterocycles. The fraction of sp³-hybridized carbons (Fsp3) is 0.381. The Morgan fingerprint density at radius 3 is 2.80 bits per heavy atom. The highest BCUT2D eigenvalue weighted by molar-refractivity contribution is 7.09. The Morgan fingerprint density at radius 2 is 2.07 bits per heavy atom. The van der Waals surface area contributed by atoms with E-state index in [0.29, 0.717) is 12.3 Å². The number of rotatable bonds is 7. The molecule has 2 aromatic rings. The van der Waals surface area contributed by atoms with Crippen LogP contribution in [-0.2, 0) is 25.6 Å². The topological polar surface area (TPSA) is 88.2 Å². The molecule has 1 aromatic heterocycles. The third-order valence-corrected chi connectivity index (χ3v) is 6.36. The van der Waals surface area contributed by atoms with Gasteiger partial charge in [-0.05, 0) is 35.6 Å². The van der Waals surface area contributed by atoms with Crippen LogP contribution in [0.25, 0.3) is 0 Å². The molecule has 3 atom stereocenters. The molecule has 2 fully saturated rings. The minimum Gasteiger partial charge on any atom is -0.497 e. The maximum atomic E-state index is 12.7. The first-order chi connectivity index (χ1) is 14.5. The van der Waals surface area contributed by atoms with Crippen molar-refractivity contribution in [3.05, 3.63) is 52.2 Å². The number of likely N-dealkylation sites (N-methyl/N-ethyl adjacent to an activating group) is 1. The summed E-state index contributed by atoms with van der Waals surface area (Å²) in [5, 5.41) is 6.33. The summed E-state index contributed by atoms with van der Waals surface area (Å²) in [4.78, 5) is 45.9. The van der Waals surface area contributed by atoms with Crippen LogP contribution in [0.5, 0.6) is 5.75 Å². The smallest absolute Gasteiger partial charge is 0.261 e. The van der Waals surface area contributed by atoms with Gasteiger partial charge < -0.3 is 10.1 Å². The molecule has 8 nitrogen and oxygen atoms in total. The lowest BCUT2D eigenvalue weighted by molar-refractivity contribution is -0.181. The molecule has 0 aliphatic carbocycles. The first kappa shape index (κ1) is 20.5. The fourth-order valence-electron chi connectivity index (χ4n) is 3.92. The molecule has 3 heterocycles. The highest BCUT2D eigenvalue weighted by atomic mass is 32.1. The second-order valence-electron chi connectivity index (χ2n) is 7.26. The second kappa shape index (κ2) is 8.55. The van der Waals surface area contributed by atoms with E-state index in [9.17, 15) is 14.4 Å². The summed E-state index contributed by atoms with van der Waals surface area (Å²) >= 11 is 1.64. The van der Waals surface area contributed by atoms with Crippen molar-refractivity contribution in [2.24, 2.45) is 5.92 Å². The Hall–Kier alpha value is -2.75. The maximum absolute atomic E-state index is 12.7. The van der Waals surface area contributed by atoms with E-state index < -0.39 is 24.0 Å². The van der Waals surface area contributed by atoms with Crippen LogP contribution in [0.4, 0.5) is 0 Å². The van der Waals surface area contributed by atoms with Crippen LogP contribution in [0.15, 0.2) is 41.8 Å². The number of nitrogens with one attached hydrogen (secondary N) is 1. The number of hydrogen-bond acceptors (Lipinski definition) is 7. The van der Waals surface area contributed by atoms with E-state index in [-0.39, 0.29) is 18.4 Å².